The molecule has 28 heavy (non-hydrogen) atoms. The van der Waals surface area contributed by atoms with E-state index in [2.05, 4.69) is 15.9 Å². The van der Waals surface area contributed by atoms with E-state index in [0.717, 1.165) is 0 Å². The van der Waals surface area contributed by atoms with Crippen molar-refractivity contribution in [2.24, 2.45) is 0 Å². The van der Waals surface area contributed by atoms with Crippen molar-refractivity contribution in [1.82, 2.24) is 0 Å². The van der Waals surface area contributed by atoms with E-state index in [1.54, 1.807) is 24.3 Å². The monoisotopic (exact) mass is 444 g/mol. The first kappa shape index (κ1) is 19.7. The summed E-state index contributed by atoms with van der Waals surface area (Å²) in [6.07, 6.45) is 0. The topological polar surface area (TPSA) is 75.0 Å². The molecule has 7 heteroatoms. The highest BCUT2D eigenvalue weighted by Gasteiger charge is 2.16. The summed E-state index contributed by atoms with van der Waals surface area (Å²) in [4.78, 5) is 24.3. The van der Waals surface area contributed by atoms with Crippen molar-refractivity contribution in [3.05, 3.63) is 82.2 Å². The van der Waals surface area contributed by atoms with E-state index in [1.165, 1.54) is 13.2 Å². The van der Waals surface area contributed by atoms with Crippen LogP contribution >= 0.6 is 15.9 Å². The Morgan fingerprint density at radius 1 is 1.04 bits per heavy atom. The van der Waals surface area contributed by atoms with Crippen LogP contribution in [0.3, 0.4) is 0 Å². The van der Waals surface area contributed by atoms with Crippen LogP contribution in [0, 0.1) is 0 Å². The average Bonchev–Trinajstić information content (AvgIpc) is 3.20. The molecular weight excluding hydrogens is 428 g/mol. The van der Waals surface area contributed by atoms with Gasteiger partial charge in [0.25, 0.3) is 0 Å². The van der Waals surface area contributed by atoms with E-state index in [9.17, 15) is 9.59 Å². The molecule has 0 bridgehead atoms. The molecule has 144 valence electrons. The summed E-state index contributed by atoms with van der Waals surface area (Å²) in [6.45, 7) is -0.218. The molecule has 0 saturated carbocycles. The lowest BCUT2D eigenvalue weighted by Gasteiger charge is -2.06. The Labute approximate surface area is 170 Å². The molecule has 0 atom stereocenters. The number of Topliss-reactive ketones (excluding diaryl/α,β-unsaturated/α-hetero) is 1. The Hall–Kier alpha value is -3.06. The minimum atomic E-state index is -0.716. The fraction of sp³-hybridized carbons (Fsp3) is 0.143. The van der Waals surface area contributed by atoms with Crippen molar-refractivity contribution in [2.45, 2.75) is 6.61 Å². The maximum atomic E-state index is 12.2. The number of esters is 1. The molecule has 0 aliphatic carbocycles. The number of furan rings is 1. The van der Waals surface area contributed by atoms with Gasteiger partial charge in [0.2, 0.25) is 5.76 Å². The summed E-state index contributed by atoms with van der Waals surface area (Å²) >= 11 is 3.31. The number of ketones is 1. The van der Waals surface area contributed by atoms with Crippen LogP contribution in [0.4, 0.5) is 0 Å². The number of methoxy groups -OCH3 is 1. The first-order valence-corrected chi connectivity index (χ1v) is 9.16. The highest BCUT2D eigenvalue weighted by molar-refractivity contribution is 9.10. The zero-order valence-corrected chi connectivity index (χ0v) is 16.6. The quantitative estimate of drug-likeness (QED) is 0.371. The van der Waals surface area contributed by atoms with Crippen LogP contribution in [-0.2, 0) is 11.3 Å². The number of ether oxygens (including phenoxy) is 3. The van der Waals surface area contributed by atoms with Gasteiger partial charge in [-0.25, -0.2) is 4.79 Å². The van der Waals surface area contributed by atoms with Gasteiger partial charge in [0, 0.05) is 5.56 Å². The molecule has 1 aromatic heterocycles. The summed E-state index contributed by atoms with van der Waals surface area (Å²) < 4.78 is 21.8. The SMILES string of the molecule is COc1ccc(C(=O)COC(=O)c2ccc(COc3ccccc3)o2)cc1Br. The van der Waals surface area contributed by atoms with Crippen LogP contribution < -0.4 is 9.47 Å². The number of halogens is 1. The van der Waals surface area contributed by atoms with Crippen LogP contribution in [-0.4, -0.2) is 25.5 Å². The molecule has 1 heterocycles. The largest absolute Gasteiger partial charge is 0.496 e. The summed E-state index contributed by atoms with van der Waals surface area (Å²) in [5.41, 5.74) is 0.400. The smallest absolute Gasteiger partial charge is 0.374 e. The van der Waals surface area contributed by atoms with Crippen LogP contribution in [0.15, 0.2) is 69.6 Å². The molecule has 0 saturated heterocycles. The van der Waals surface area contributed by atoms with Gasteiger partial charge in [-0.1, -0.05) is 18.2 Å². The van der Waals surface area contributed by atoms with Crippen LogP contribution in [0.5, 0.6) is 11.5 Å². The molecule has 3 rings (SSSR count). The lowest BCUT2D eigenvalue weighted by molar-refractivity contribution is 0.0440. The molecule has 3 aromatic rings. The molecule has 0 unspecified atom stereocenters. The van der Waals surface area contributed by atoms with Crippen molar-refractivity contribution in [3.63, 3.8) is 0 Å². The van der Waals surface area contributed by atoms with Gasteiger partial charge in [-0.2, -0.15) is 0 Å². The number of carbonyl (C=O) groups is 2. The Kier molecular flexibility index (Phi) is 6.49. The number of benzene rings is 2. The van der Waals surface area contributed by atoms with E-state index in [4.69, 9.17) is 18.6 Å². The summed E-state index contributed by atoms with van der Waals surface area (Å²) in [6, 6.07) is 17.2. The van der Waals surface area contributed by atoms with E-state index in [-0.39, 0.29) is 18.2 Å². The van der Waals surface area contributed by atoms with Crippen molar-refractivity contribution in [2.75, 3.05) is 13.7 Å². The average molecular weight is 445 g/mol. The van der Waals surface area contributed by atoms with Crippen LogP contribution in [0.25, 0.3) is 0 Å². The van der Waals surface area contributed by atoms with E-state index >= 15 is 0 Å². The minimum Gasteiger partial charge on any atom is -0.496 e. The number of hydrogen-bond acceptors (Lipinski definition) is 6. The molecule has 2 aromatic carbocycles. The van der Waals surface area contributed by atoms with Gasteiger partial charge in [0.15, 0.2) is 12.4 Å². The summed E-state index contributed by atoms with van der Waals surface area (Å²) in [5.74, 6) is 0.730. The Balaban J connectivity index is 1.53. The zero-order chi connectivity index (χ0) is 19.9. The molecule has 0 aliphatic rings. The first-order chi connectivity index (χ1) is 13.6. The van der Waals surface area contributed by atoms with Crippen LogP contribution in [0.1, 0.15) is 26.7 Å². The van der Waals surface area contributed by atoms with Gasteiger partial charge in [-0.15, -0.1) is 0 Å². The molecule has 0 radical (unpaired) electrons. The molecule has 0 fully saturated rings. The number of hydrogen-bond donors (Lipinski definition) is 0. The van der Waals surface area contributed by atoms with Gasteiger partial charge in [0.05, 0.1) is 11.6 Å². The highest BCUT2D eigenvalue weighted by atomic mass is 79.9. The van der Waals surface area contributed by atoms with E-state index in [0.29, 0.717) is 27.3 Å². The second-order valence-corrected chi connectivity index (χ2v) is 6.57. The van der Waals surface area contributed by atoms with Crippen molar-refractivity contribution in [3.8, 4) is 11.5 Å². The van der Waals surface area contributed by atoms with Crippen molar-refractivity contribution in [1.29, 1.82) is 0 Å². The zero-order valence-electron chi connectivity index (χ0n) is 15.0. The second kappa shape index (κ2) is 9.23. The van der Waals surface area contributed by atoms with Gasteiger partial charge in [0.1, 0.15) is 23.9 Å². The van der Waals surface area contributed by atoms with Gasteiger partial charge in [-0.3, -0.25) is 4.79 Å². The number of rotatable bonds is 8. The van der Waals surface area contributed by atoms with Crippen molar-refractivity contribution >= 4 is 27.7 Å². The fourth-order valence-electron chi connectivity index (χ4n) is 2.36. The van der Waals surface area contributed by atoms with E-state index in [1.807, 2.05) is 30.3 Å². The van der Waals surface area contributed by atoms with Crippen molar-refractivity contribution < 1.29 is 28.2 Å². The third kappa shape index (κ3) is 5.01. The van der Waals surface area contributed by atoms with Gasteiger partial charge < -0.3 is 18.6 Å². The second-order valence-electron chi connectivity index (χ2n) is 5.72. The minimum absolute atomic E-state index is 0.00960. The molecule has 6 nitrogen and oxygen atoms in total. The molecule has 0 aliphatic heterocycles. The van der Waals surface area contributed by atoms with Crippen LogP contribution in [0.2, 0.25) is 0 Å². The Morgan fingerprint density at radius 2 is 1.82 bits per heavy atom. The normalized spacial score (nSPS) is 10.4. The van der Waals surface area contributed by atoms with E-state index < -0.39 is 12.6 Å². The maximum absolute atomic E-state index is 12.2. The highest BCUT2D eigenvalue weighted by Crippen LogP contribution is 2.25. The molecule has 0 N–H and O–H groups in total. The number of carbonyl (C=O) groups excluding carboxylic acids is 2. The lowest BCUT2D eigenvalue weighted by Crippen LogP contribution is -2.14. The maximum Gasteiger partial charge on any atom is 0.374 e. The first-order valence-electron chi connectivity index (χ1n) is 8.37. The van der Waals surface area contributed by atoms with Gasteiger partial charge in [-0.05, 0) is 58.4 Å². The Morgan fingerprint density at radius 3 is 2.54 bits per heavy atom. The molecular formula is C21H17BrO6. The predicted octanol–water partition coefficient (Wildman–Crippen LogP) is 4.67. The molecule has 0 amide bonds. The standard InChI is InChI=1S/C21H17BrO6/c1-25-19-9-7-14(11-17(19)22)18(23)13-27-21(24)20-10-8-16(28-20)12-26-15-5-3-2-4-6-15/h2-11H,12-13H2,1H3. The Bertz CT molecular complexity index is 964. The number of para-hydroxylation sites is 1. The summed E-state index contributed by atoms with van der Waals surface area (Å²) in [7, 11) is 1.53. The third-order valence-corrected chi connectivity index (χ3v) is 4.41. The fourth-order valence-corrected chi connectivity index (χ4v) is 2.90. The van der Waals surface area contributed by atoms with Gasteiger partial charge >= 0.3 is 5.97 Å². The third-order valence-electron chi connectivity index (χ3n) is 3.80. The molecule has 0 spiro atoms. The lowest BCUT2D eigenvalue weighted by atomic mass is 10.1. The predicted molar refractivity (Wildman–Crippen MR) is 105 cm³/mol. The summed E-state index contributed by atoms with van der Waals surface area (Å²) in [5, 5.41) is 0.